The molecule has 0 aromatic heterocycles. The maximum atomic E-state index is 12.7. The van der Waals surface area contributed by atoms with Gasteiger partial charge in [0, 0.05) is 0 Å². The molecule has 0 radical (unpaired) electrons. The fourth-order valence-electron chi connectivity index (χ4n) is 1.44. The van der Waals surface area contributed by atoms with Gasteiger partial charge in [-0.3, -0.25) is 0 Å². The third-order valence-electron chi connectivity index (χ3n) is 2.19. The highest BCUT2D eigenvalue weighted by Crippen LogP contribution is 2.22. The molecular formula is C10H15FN2O2S. The molecular weight excluding hydrogens is 231 g/mol. The molecule has 0 saturated heterocycles. The molecule has 1 rings (SSSR count). The summed E-state index contributed by atoms with van der Waals surface area (Å²) in [4.78, 5) is 0. The largest absolute Gasteiger partial charge is 0.274 e. The van der Waals surface area contributed by atoms with Gasteiger partial charge in [0.2, 0.25) is 0 Å². The average molecular weight is 246 g/mol. The van der Waals surface area contributed by atoms with Crippen molar-refractivity contribution < 1.29 is 12.8 Å². The van der Waals surface area contributed by atoms with Crippen LogP contribution in [0.15, 0.2) is 24.3 Å². The smallest absolute Gasteiger partial charge is 0.216 e. The van der Waals surface area contributed by atoms with Crippen molar-refractivity contribution in [1.82, 2.24) is 4.72 Å². The van der Waals surface area contributed by atoms with Crippen LogP contribution in [0.5, 0.6) is 0 Å². The predicted molar refractivity (Wildman–Crippen MR) is 60.2 cm³/mol. The molecule has 0 heterocycles. The van der Waals surface area contributed by atoms with Gasteiger partial charge in [0.15, 0.2) is 0 Å². The molecule has 0 spiro atoms. The van der Waals surface area contributed by atoms with Crippen molar-refractivity contribution in [2.75, 3.05) is 0 Å². The summed E-state index contributed by atoms with van der Waals surface area (Å²) in [6.45, 7) is 3.71. The van der Waals surface area contributed by atoms with Crippen LogP contribution in [-0.4, -0.2) is 8.42 Å². The Balaban J connectivity index is 2.99. The first kappa shape index (κ1) is 13.1. The molecule has 0 aliphatic rings. The van der Waals surface area contributed by atoms with E-state index in [0.717, 1.165) is 0 Å². The van der Waals surface area contributed by atoms with Gasteiger partial charge in [0.1, 0.15) is 5.82 Å². The second kappa shape index (κ2) is 4.90. The van der Waals surface area contributed by atoms with Crippen molar-refractivity contribution in [1.29, 1.82) is 0 Å². The maximum Gasteiger partial charge on any atom is 0.274 e. The van der Waals surface area contributed by atoms with E-state index < -0.39 is 16.3 Å². The van der Waals surface area contributed by atoms with E-state index in [1.807, 2.05) is 13.8 Å². The van der Waals surface area contributed by atoms with Gasteiger partial charge >= 0.3 is 0 Å². The molecule has 1 atom stereocenters. The molecule has 90 valence electrons. The number of benzene rings is 1. The Bertz CT molecular complexity index is 442. The summed E-state index contributed by atoms with van der Waals surface area (Å²) in [5, 5.41) is 4.93. The number of halogens is 1. The van der Waals surface area contributed by atoms with Crippen molar-refractivity contribution in [3.8, 4) is 0 Å². The van der Waals surface area contributed by atoms with Gasteiger partial charge in [-0.2, -0.15) is 13.1 Å². The Kier molecular flexibility index (Phi) is 4.01. The number of rotatable bonds is 4. The molecule has 0 bridgehead atoms. The van der Waals surface area contributed by atoms with Crippen LogP contribution in [0.3, 0.4) is 0 Å². The monoisotopic (exact) mass is 246 g/mol. The van der Waals surface area contributed by atoms with Crippen LogP contribution in [0, 0.1) is 11.7 Å². The molecule has 1 aromatic rings. The summed E-state index contributed by atoms with van der Waals surface area (Å²) in [6.07, 6.45) is 0. The molecule has 6 heteroatoms. The number of hydrogen-bond acceptors (Lipinski definition) is 2. The molecule has 0 aliphatic heterocycles. The van der Waals surface area contributed by atoms with Crippen LogP contribution in [0.4, 0.5) is 4.39 Å². The van der Waals surface area contributed by atoms with Gasteiger partial charge in [0.25, 0.3) is 10.2 Å². The lowest BCUT2D eigenvalue weighted by Gasteiger charge is -2.21. The third-order valence-corrected chi connectivity index (χ3v) is 2.77. The number of nitrogens with two attached hydrogens (primary N) is 1. The Morgan fingerprint density at radius 2 is 1.75 bits per heavy atom. The van der Waals surface area contributed by atoms with Gasteiger partial charge in [-0.25, -0.2) is 9.53 Å². The second-order valence-corrected chi connectivity index (χ2v) is 5.26. The lowest BCUT2D eigenvalue weighted by atomic mass is 9.97. The highest BCUT2D eigenvalue weighted by atomic mass is 32.2. The van der Waals surface area contributed by atoms with Crippen LogP contribution in [0.1, 0.15) is 25.5 Å². The van der Waals surface area contributed by atoms with Gasteiger partial charge in [-0.15, -0.1) is 0 Å². The molecule has 0 aliphatic carbocycles. The van der Waals surface area contributed by atoms with Crippen LogP contribution in [0.2, 0.25) is 0 Å². The quantitative estimate of drug-likeness (QED) is 0.841. The molecule has 1 aromatic carbocycles. The Morgan fingerprint density at radius 3 is 2.12 bits per heavy atom. The molecule has 1 unspecified atom stereocenters. The predicted octanol–water partition coefficient (Wildman–Crippen LogP) is 1.32. The second-order valence-electron chi connectivity index (χ2n) is 3.94. The van der Waals surface area contributed by atoms with Crippen molar-refractivity contribution in [2.45, 2.75) is 19.9 Å². The fraction of sp³-hybridized carbons (Fsp3) is 0.400. The first-order chi connectivity index (χ1) is 7.29. The zero-order valence-electron chi connectivity index (χ0n) is 9.14. The average Bonchev–Trinajstić information content (AvgIpc) is 2.14. The zero-order chi connectivity index (χ0) is 12.3. The lowest BCUT2D eigenvalue weighted by Crippen LogP contribution is -2.36. The minimum absolute atomic E-state index is 0.0174. The van der Waals surface area contributed by atoms with Crippen LogP contribution >= 0.6 is 0 Å². The Labute approximate surface area is 94.8 Å². The standard InChI is InChI=1S/C10H15FN2O2S/c1-7(2)10(13-16(12,14)15)8-3-5-9(11)6-4-8/h3-7,10,13H,1-2H3,(H2,12,14,15). The van der Waals surface area contributed by atoms with Crippen LogP contribution in [0.25, 0.3) is 0 Å². The minimum Gasteiger partial charge on any atom is -0.216 e. The summed E-state index contributed by atoms with van der Waals surface area (Å²) >= 11 is 0. The first-order valence-electron chi connectivity index (χ1n) is 4.85. The number of nitrogens with one attached hydrogen (secondary N) is 1. The van der Waals surface area contributed by atoms with Crippen LogP contribution in [-0.2, 0) is 10.2 Å². The van der Waals surface area contributed by atoms with E-state index in [1.165, 1.54) is 24.3 Å². The van der Waals surface area contributed by atoms with E-state index in [2.05, 4.69) is 4.72 Å². The molecule has 0 fully saturated rings. The van der Waals surface area contributed by atoms with Crippen molar-refractivity contribution in [2.24, 2.45) is 11.1 Å². The van der Waals surface area contributed by atoms with Crippen LogP contribution < -0.4 is 9.86 Å². The summed E-state index contributed by atoms with van der Waals surface area (Å²) in [5.74, 6) is -0.342. The van der Waals surface area contributed by atoms with Gasteiger partial charge in [-0.05, 0) is 23.6 Å². The first-order valence-corrected chi connectivity index (χ1v) is 6.40. The van der Waals surface area contributed by atoms with E-state index in [4.69, 9.17) is 5.14 Å². The van der Waals surface area contributed by atoms with E-state index >= 15 is 0 Å². The number of hydrogen-bond donors (Lipinski definition) is 2. The highest BCUT2D eigenvalue weighted by Gasteiger charge is 2.19. The summed E-state index contributed by atoms with van der Waals surface area (Å²) in [7, 11) is -3.77. The van der Waals surface area contributed by atoms with Gasteiger partial charge in [-0.1, -0.05) is 26.0 Å². The molecule has 16 heavy (non-hydrogen) atoms. The normalized spacial score (nSPS) is 14.1. The lowest BCUT2D eigenvalue weighted by molar-refractivity contribution is 0.463. The van der Waals surface area contributed by atoms with E-state index in [9.17, 15) is 12.8 Å². The topological polar surface area (TPSA) is 72.2 Å². The van der Waals surface area contributed by atoms with E-state index in [1.54, 1.807) is 0 Å². The third kappa shape index (κ3) is 3.88. The van der Waals surface area contributed by atoms with Gasteiger partial charge < -0.3 is 0 Å². The highest BCUT2D eigenvalue weighted by molar-refractivity contribution is 7.87. The Hall–Kier alpha value is -0.980. The van der Waals surface area contributed by atoms with Crippen molar-refractivity contribution in [3.63, 3.8) is 0 Å². The van der Waals surface area contributed by atoms with Crippen molar-refractivity contribution in [3.05, 3.63) is 35.6 Å². The Morgan fingerprint density at radius 1 is 1.25 bits per heavy atom. The summed E-state index contributed by atoms with van der Waals surface area (Å²) in [6, 6.07) is 5.21. The SMILES string of the molecule is CC(C)C(NS(N)(=O)=O)c1ccc(F)cc1. The minimum atomic E-state index is -3.77. The molecule has 0 amide bonds. The maximum absolute atomic E-state index is 12.7. The van der Waals surface area contributed by atoms with E-state index in [0.29, 0.717) is 5.56 Å². The molecule has 3 N–H and O–H groups in total. The zero-order valence-corrected chi connectivity index (χ0v) is 9.96. The van der Waals surface area contributed by atoms with Crippen molar-refractivity contribution >= 4 is 10.2 Å². The molecule has 4 nitrogen and oxygen atoms in total. The fourth-order valence-corrected chi connectivity index (χ4v) is 2.20. The van der Waals surface area contributed by atoms with Gasteiger partial charge in [0.05, 0.1) is 6.04 Å². The summed E-state index contributed by atoms with van der Waals surface area (Å²) < 4.78 is 37.0. The molecule has 0 saturated carbocycles. The van der Waals surface area contributed by atoms with E-state index in [-0.39, 0.29) is 11.7 Å². The summed E-state index contributed by atoms with van der Waals surface area (Å²) in [5.41, 5.74) is 0.686.